The van der Waals surface area contributed by atoms with Gasteiger partial charge in [0.25, 0.3) is 5.91 Å². The van der Waals surface area contributed by atoms with Crippen molar-refractivity contribution in [2.75, 3.05) is 31.8 Å². The van der Waals surface area contributed by atoms with Gasteiger partial charge in [0.1, 0.15) is 11.9 Å². The van der Waals surface area contributed by atoms with Gasteiger partial charge < -0.3 is 19.5 Å². The third-order valence-corrected chi connectivity index (χ3v) is 5.81. The molecule has 1 N–H and O–H groups in total. The minimum absolute atomic E-state index is 0.115. The molecule has 0 saturated carbocycles. The third kappa shape index (κ3) is 3.01. The highest BCUT2D eigenvalue weighted by Gasteiger charge is 2.46. The van der Waals surface area contributed by atoms with Gasteiger partial charge in [0.15, 0.2) is 0 Å². The molecule has 1 spiro atoms. The summed E-state index contributed by atoms with van der Waals surface area (Å²) in [7, 11) is 1.68. The Labute approximate surface area is 159 Å². The zero-order valence-corrected chi connectivity index (χ0v) is 15.8. The first-order chi connectivity index (χ1) is 13.1. The number of methoxy groups -OCH3 is 1. The lowest BCUT2D eigenvalue weighted by atomic mass is 9.75. The molecule has 5 heteroatoms. The molecule has 27 heavy (non-hydrogen) atoms. The Balaban J connectivity index is 1.83. The van der Waals surface area contributed by atoms with Crippen LogP contribution >= 0.6 is 0 Å². The number of hydrogen-bond acceptors (Lipinski definition) is 4. The lowest BCUT2D eigenvalue weighted by Crippen LogP contribution is -2.43. The van der Waals surface area contributed by atoms with E-state index >= 15 is 0 Å². The summed E-state index contributed by atoms with van der Waals surface area (Å²) in [6, 6.07) is 14.2. The summed E-state index contributed by atoms with van der Waals surface area (Å²) in [5, 5.41) is 9.86. The minimum Gasteiger partial charge on any atom is -0.496 e. The molecule has 2 aromatic carbocycles. The molecule has 4 rings (SSSR count). The van der Waals surface area contributed by atoms with Gasteiger partial charge in [0.2, 0.25) is 0 Å². The van der Waals surface area contributed by atoms with Crippen molar-refractivity contribution in [1.82, 2.24) is 0 Å². The van der Waals surface area contributed by atoms with E-state index in [1.54, 1.807) is 12.0 Å². The van der Waals surface area contributed by atoms with E-state index < -0.39 is 6.10 Å². The Hall–Kier alpha value is -2.37. The molecule has 0 aromatic heterocycles. The van der Waals surface area contributed by atoms with Crippen molar-refractivity contribution in [2.45, 2.75) is 31.3 Å². The first kappa shape index (κ1) is 18.0. The quantitative estimate of drug-likeness (QED) is 0.905. The molecule has 0 radical (unpaired) electrons. The van der Waals surface area contributed by atoms with Crippen LogP contribution in [0.4, 0.5) is 5.69 Å². The number of amides is 1. The lowest BCUT2D eigenvalue weighted by Gasteiger charge is -2.34. The van der Waals surface area contributed by atoms with Gasteiger partial charge in [0, 0.05) is 36.4 Å². The predicted molar refractivity (Wildman–Crippen MR) is 104 cm³/mol. The number of fused-ring (bicyclic) bond motifs is 2. The second-order valence-corrected chi connectivity index (χ2v) is 7.43. The van der Waals surface area contributed by atoms with E-state index in [0.29, 0.717) is 19.8 Å². The van der Waals surface area contributed by atoms with Crippen molar-refractivity contribution in [2.24, 2.45) is 0 Å². The van der Waals surface area contributed by atoms with Crippen LogP contribution in [0.5, 0.6) is 5.75 Å². The van der Waals surface area contributed by atoms with Crippen molar-refractivity contribution < 1.29 is 19.4 Å². The smallest absolute Gasteiger partial charge is 0.255 e. The number of ether oxygens (including phenoxy) is 2. The monoisotopic (exact) mass is 367 g/mol. The van der Waals surface area contributed by atoms with Crippen LogP contribution in [0, 0.1) is 0 Å². The normalized spacial score (nSPS) is 19.0. The first-order valence-electron chi connectivity index (χ1n) is 9.41. The molecule has 2 aliphatic heterocycles. The van der Waals surface area contributed by atoms with Gasteiger partial charge in [-0.25, -0.2) is 0 Å². The standard InChI is InChI=1S/C22H25NO4/c1-15(24)21(25)23-14-22(9-11-27-12-10-22)18-13-16(7-8-19(18)23)17-5-3-4-6-20(17)26-2/h3-8,13,15,24H,9-12,14H2,1-2H3/t15-/m1/s1. The maximum Gasteiger partial charge on any atom is 0.255 e. The van der Waals surface area contributed by atoms with Gasteiger partial charge in [-0.1, -0.05) is 24.3 Å². The Morgan fingerprint density at radius 1 is 1.22 bits per heavy atom. The Morgan fingerprint density at radius 2 is 1.96 bits per heavy atom. The number of aliphatic hydroxyl groups excluding tert-OH is 1. The fraction of sp³-hybridized carbons (Fsp3) is 0.409. The topological polar surface area (TPSA) is 59.0 Å². The Bertz CT molecular complexity index is 855. The van der Waals surface area contributed by atoms with Crippen LogP contribution in [0.25, 0.3) is 11.1 Å². The number of nitrogens with zero attached hydrogens (tertiary/aromatic N) is 1. The second-order valence-electron chi connectivity index (χ2n) is 7.43. The van der Waals surface area contributed by atoms with E-state index in [1.807, 2.05) is 36.4 Å². The van der Waals surface area contributed by atoms with Crippen LogP contribution in [0.2, 0.25) is 0 Å². The van der Waals surface area contributed by atoms with Crippen molar-refractivity contribution in [1.29, 1.82) is 0 Å². The summed E-state index contributed by atoms with van der Waals surface area (Å²) in [6.07, 6.45) is 0.736. The number of hydrogen-bond donors (Lipinski definition) is 1. The molecule has 1 atom stereocenters. The van der Waals surface area contributed by atoms with E-state index in [2.05, 4.69) is 6.07 Å². The molecule has 0 bridgehead atoms. The van der Waals surface area contributed by atoms with Crippen LogP contribution in [0.1, 0.15) is 25.3 Å². The molecule has 0 unspecified atom stereocenters. The number of para-hydroxylation sites is 1. The summed E-state index contributed by atoms with van der Waals surface area (Å²) in [4.78, 5) is 14.4. The fourth-order valence-corrected chi connectivity index (χ4v) is 4.33. The third-order valence-electron chi connectivity index (χ3n) is 5.81. The minimum atomic E-state index is -1.01. The number of carbonyl (C=O) groups is 1. The number of anilines is 1. The van der Waals surface area contributed by atoms with E-state index in [4.69, 9.17) is 9.47 Å². The number of benzene rings is 2. The van der Waals surface area contributed by atoms with Gasteiger partial charge in [-0.05, 0) is 49.1 Å². The average molecular weight is 367 g/mol. The SMILES string of the molecule is COc1ccccc1-c1ccc2c(c1)C1(CCOCC1)CN2C(=O)[C@@H](C)O. The van der Waals surface area contributed by atoms with Crippen molar-refractivity contribution >= 4 is 11.6 Å². The molecule has 0 aliphatic carbocycles. The fourth-order valence-electron chi connectivity index (χ4n) is 4.33. The molecule has 2 aliphatic rings. The molecular formula is C22H25NO4. The molecule has 2 heterocycles. The first-order valence-corrected chi connectivity index (χ1v) is 9.41. The van der Waals surface area contributed by atoms with E-state index in [-0.39, 0.29) is 11.3 Å². The molecular weight excluding hydrogens is 342 g/mol. The summed E-state index contributed by atoms with van der Waals surface area (Å²) in [5.41, 5.74) is 4.06. The van der Waals surface area contributed by atoms with Gasteiger partial charge in [0.05, 0.1) is 7.11 Å². The summed E-state index contributed by atoms with van der Waals surface area (Å²) >= 11 is 0. The summed E-state index contributed by atoms with van der Waals surface area (Å²) < 4.78 is 11.1. The highest BCUT2D eigenvalue weighted by molar-refractivity contribution is 5.99. The maximum atomic E-state index is 12.6. The van der Waals surface area contributed by atoms with Crippen LogP contribution in [0.3, 0.4) is 0 Å². The molecule has 1 fully saturated rings. The van der Waals surface area contributed by atoms with Gasteiger partial charge in [-0.15, -0.1) is 0 Å². The molecule has 1 saturated heterocycles. The number of rotatable bonds is 3. The highest BCUT2D eigenvalue weighted by atomic mass is 16.5. The second kappa shape index (κ2) is 6.98. The largest absolute Gasteiger partial charge is 0.496 e. The zero-order chi connectivity index (χ0) is 19.0. The van der Waals surface area contributed by atoms with Gasteiger partial charge in [-0.3, -0.25) is 4.79 Å². The maximum absolute atomic E-state index is 12.6. The van der Waals surface area contributed by atoms with Crippen molar-refractivity contribution in [3.05, 3.63) is 48.0 Å². The molecule has 2 aromatic rings. The van der Waals surface area contributed by atoms with E-state index in [9.17, 15) is 9.90 Å². The van der Waals surface area contributed by atoms with Crippen LogP contribution in [0.15, 0.2) is 42.5 Å². The molecule has 1 amide bonds. The van der Waals surface area contributed by atoms with Crippen LogP contribution in [-0.2, 0) is 14.9 Å². The van der Waals surface area contributed by atoms with Crippen LogP contribution in [-0.4, -0.2) is 44.0 Å². The van der Waals surface area contributed by atoms with Crippen LogP contribution < -0.4 is 9.64 Å². The van der Waals surface area contributed by atoms with Crippen molar-refractivity contribution in [3.8, 4) is 16.9 Å². The molecule has 5 nitrogen and oxygen atoms in total. The van der Waals surface area contributed by atoms with E-state index in [1.165, 1.54) is 12.5 Å². The van der Waals surface area contributed by atoms with Gasteiger partial charge in [-0.2, -0.15) is 0 Å². The zero-order valence-electron chi connectivity index (χ0n) is 15.8. The lowest BCUT2D eigenvalue weighted by molar-refractivity contribution is -0.125. The average Bonchev–Trinajstić information content (AvgIpc) is 3.01. The van der Waals surface area contributed by atoms with Crippen molar-refractivity contribution in [3.63, 3.8) is 0 Å². The summed E-state index contributed by atoms with van der Waals surface area (Å²) in [6.45, 7) is 3.51. The number of carbonyl (C=O) groups excluding carboxylic acids is 1. The number of aliphatic hydroxyl groups is 1. The summed E-state index contributed by atoms with van der Waals surface area (Å²) in [5.74, 6) is 0.582. The van der Waals surface area contributed by atoms with Gasteiger partial charge >= 0.3 is 0 Å². The van der Waals surface area contributed by atoms with E-state index in [0.717, 1.165) is 35.4 Å². The Morgan fingerprint density at radius 3 is 2.67 bits per heavy atom. The molecule has 142 valence electrons. The highest BCUT2D eigenvalue weighted by Crippen LogP contribution is 2.48. The Kier molecular flexibility index (Phi) is 4.66. The predicted octanol–water partition coefficient (Wildman–Crippen LogP) is 3.14.